The van der Waals surface area contributed by atoms with Gasteiger partial charge in [0.15, 0.2) is 0 Å². The quantitative estimate of drug-likeness (QED) is 0.793. The fourth-order valence-corrected chi connectivity index (χ4v) is 2.28. The molecule has 1 aromatic rings. The molecule has 3 nitrogen and oxygen atoms in total. The SMILES string of the molecule is C=C/C1=C(C=C)/C(NC)=C(/N)c2ccccc2NC1.CC. The fourth-order valence-electron chi connectivity index (χ4n) is 2.28. The van der Waals surface area contributed by atoms with Gasteiger partial charge in [0.25, 0.3) is 0 Å². The summed E-state index contributed by atoms with van der Waals surface area (Å²) >= 11 is 0. The predicted molar refractivity (Wildman–Crippen MR) is 93.9 cm³/mol. The third kappa shape index (κ3) is 3.37. The molecule has 0 spiro atoms. The second-order valence-corrected chi connectivity index (χ2v) is 4.28. The van der Waals surface area contributed by atoms with E-state index in [1.165, 1.54) is 0 Å². The zero-order valence-corrected chi connectivity index (χ0v) is 13.2. The van der Waals surface area contributed by atoms with Crippen molar-refractivity contribution < 1.29 is 0 Å². The normalized spacial score (nSPS) is 20.7. The number of hydrogen-bond donors (Lipinski definition) is 3. The molecule has 0 saturated carbocycles. The van der Waals surface area contributed by atoms with Gasteiger partial charge in [0.05, 0.1) is 11.4 Å². The van der Waals surface area contributed by atoms with E-state index in [-0.39, 0.29) is 0 Å². The van der Waals surface area contributed by atoms with E-state index in [2.05, 4.69) is 23.8 Å². The number of para-hydroxylation sites is 1. The van der Waals surface area contributed by atoms with E-state index in [4.69, 9.17) is 5.73 Å². The molecule has 0 amide bonds. The minimum absolute atomic E-state index is 0.695. The lowest BCUT2D eigenvalue weighted by Crippen LogP contribution is -2.20. The Bertz CT molecular complexity index is 580. The Balaban J connectivity index is 0.00000106. The summed E-state index contributed by atoms with van der Waals surface area (Å²) in [5.74, 6) is 0. The number of likely N-dealkylation sites (N-methyl/N-ethyl adjacent to an activating group) is 1. The lowest BCUT2D eigenvalue weighted by molar-refractivity contribution is 0.996. The predicted octanol–water partition coefficient (Wildman–Crippen LogP) is 3.65. The first-order chi connectivity index (χ1) is 10.2. The molecular formula is C18H25N3. The van der Waals surface area contributed by atoms with Crippen molar-refractivity contribution in [1.29, 1.82) is 0 Å². The van der Waals surface area contributed by atoms with Crippen LogP contribution in [-0.4, -0.2) is 13.6 Å². The van der Waals surface area contributed by atoms with Gasteiger partial charge in [-0.25, -0.2) is 0 Å². The minimum Gasteiger partial charge on any atom is -0.396 e. The number of allylic oxidation sites excluding steroid dienone is 1. The number of hydrogen-bond acceptors (Lipinski definition) is 3. The van der Waals surface area contributed by atoms with Gasteiger partial charge in [-0.3, -0.25) is 0 Å². The highest BCUT2D eigenvalue weighted by Gasteiger charge is 2.16. The van der Waals surface area contributed by atoms with Crippen molar-refractivity contribution in [3.05, 3.63) is 72.0 Å². The molecule has 1 aliphatic heterocycles. The van der Waals surface area contributed by atoms with Crippen molar-refractivity contribution in [1.82, 2.24) is 5.32 Å². The molecule has 2 rings (SSSR count). The monoisotopic (exact) mass is 283 g/mol. The van der Waals surface area contributed by atoms with Crippen molar-refractivity contribution in [2.75, 3.05) is 18.9 Å². The number of rotatable bonds is 3. The van der Waals surface area contributed by atoms with Gasteiger partial charge in [-0.1, -0.05) is 57.4 Å². The number of fused-ring (bicyclic) bond motifs is 1. The van der Waals surface area contributed by atoms with Crippen LogP contribution in [0.5, 0.6) is 0 Å². The Labute approximate surface area is 127 Å². The van der Waals surface area contributed by atoms with Crippen LogP contribution in [-0.2, 0) is 0 Å². The summed E-state index contributed by atoms with van der Waals surface area (Å²) in [4.78, 5) is 0. The lowest BCUT2D eigenvalue weighted by Gasteiger charge is -2.22. The summed E-state index contributed by atoms with van der Waals surface area (Å²) in [7, 11) is 1.87. The molecular weight excluding hydrogens is 258 g/mol. The number of benzene rings is 1. The van der Waals surface area contributed by atoms with Crippen molar-refractivity contribution in [2.45, 2.75) is 13.8 Å². The summed E-state index contributed by atoms with van der Waals surface area (Å²) in [6.45, 7) is 12.4. The molecule has 0 atom stereocenters. The molecule has 112 valence electrons. The van der Waals surface area contributed by atoms with E-state index in [0.29, 0.717) is 12.2 Å². The van der Waals surface area contributed by atoms with Crippen molar-refractivity contribution >= 4 is 11.4 Å². The third-order valence-corrected chi connectivity index (χ3v) is 3.27. The van der Waals surface area contributed by atoms with Gasteiger partial charge in [-0.2, -0.15) is 0 Å². The molecule has 0 unspecified atom stereocenters. The van der Waals surface area contributed by atoms with Crippen LogP contribution in [0.4, 0.5) is 5.69 Å². The molecule has 0 radical (unpaired) electrons. The summed E-state index contributed by atoms with van der Waals surface area (Å²) in [6, 6.07) is 8.00. The molecule has 0 bridgehead atoms. The Morgan fingerprint density at radius 3 is 2.43 bits per heavy atom. The first-order valence-corrected chi connectivity index (χ1v) is 7.22. The molecule has 1 heterocycles. The maximum Gasteiger partial charge on any atom is 0.0655 e. The van der Waals surface area contributed by atoms with E-state index >= 15 is 0 Å². The van der Waals surface area contributed by atoms with Crippen LogP contribution in [0.2, 0.25) is 0 Å². The Kier molecular flexibility index (Phi) is 6.34. The maximum atomic E-state index is 6.31. The summed E-state index contributed by atoms with van der Waals surface area (Å²) in [5.41, 5.74) is 12.0. The molecule has 3 heteroatoms. The smallest absolute Gasteiger partial charge is 0.0655 e. The Hall–Kier alpha value is -2.42. The van der Waals surface area contributed by atoms with E-state index in [1.807, 2.05) is 57.3 Å². The second-order valence-electron chi connectivity index (χ2n) is 4.28. The summed E-state index contributed by atoms with van der Waals surface area (Å²) in [5, 5.41) is 6.56. The molecule has 0 saturated heterocycles. The molecule has 0 aromatic heterocycles. The molecule has 4 N–H and O–H groups in total. The number of anilines is 1. The van der Waals surface area contributed by atoms with Crippen LogP contribution in [0.15, 0.2) is 66.4 Å². The maximum absolute atomic E-state index is 6.31. The highest BCUT2D eigenvalue weighted by atomic mass is 14.9. The fraction of sp³-hybridized carbons (Fsp3) is 0.222. The zero-order valence-electron chi connectivity index (χ0n) is 13.2. The molecule has 21 heavy (non-hydrogen) atoms. The summed E-state index contributed by atoms with van der Waals surface area (Å²) in [6.07, 6.45) is 3.65. The van der Waals surface area contributed by atoms with Crippen molar-refractivity contribution in [2.24, 2.45) is 5.73 Å². The van der Waals surface area contributed by atoms with Gasteiger partial charge in [-0.15, -0.1) is 0 Å². The van der Waals surface area contributed by atoms with Crippen LogP contribution in [0.1, 0.15) is 19.4 Å². The average molecular weight is 283 g/mol. The molecule has 1 aromatic carbocycles. The minimum atomic E-state index is 0.695. The third-order valence-electron chi connectivity index (χ3n) is 3.27. The van der Waals surface area contributed by atoms with Gasteiger partial charge >= 0.3 is 0 Å². The average Bonchev–Trinajstić information content (AvgIpc) is 2.54. The first-order valence-electron chi connectivity index (χ1n) is 7.22. The number of nitrogens with one attached hydrogen (secondary N) is 2. The number of nitrogens with two attached hydrogens (primary N) is 1. The van der Waals surface area contributed by atoms with Crippen LogP contribution >= 0.6 is 0 Å². The molecule has 1 aliphatic rings. The van der Waals surface area contributed by atoms with E-state index in [9.17, 15) is 0 Å². The van der Waals surface area contributed by atoms with E-state index in [1.54, 1.807) is 0 Å². The van der Waals surface area contributed by atoms with Gasteiger partial charge in [-0.05, 0) is 11.6 Å². The van der Waals surface area contributed by atoms with Gasteiger partial charge in [0.1, 0.15) is 0 Å². The highest BCUT2D eigenvalue weighted by Crippen LogP contribution is 2.29. The zero-order chi connectivity index (χ0) is 15.8. The van der Waals surface area contributed by atoms with Gasteiger partial charge in [0, 0.05) is 30.4 Å². The highest BCUT2D eigenvalue weighted by molar-refractivity contribution is 5.80. The van der Waals surface area contributed by atoms with Crippen LogP contribution in [0.25, 0.3) is 5.70 Å². The van der Waals surface area contributed by atoms with E-state index in [0.717, 1.165) is 28.1 Å². The van der Waals surface area contributed by atoms with Crippen LogP contribution in [0, 0.1) is 0 Å². The van der Waals surface area contributed by atoms with Crippen molar-refractivity contribution in [3.8, 4) is 0 Å². The first kappa shape index (κ1) is 16.6. The van der Waals surface area contributed by atoms with E-state index < -0.39 is 0 Å². The standard InChI is InChI=1S/C16H19N3.C2H6/c1-4-11-10-19-14-9-7-6-8-13(14)15(17)16(18-3)12(11)5-2;1-2/h4-9,18-19H,1-2,10,17H2,3H3;1-2H3/b12-11-,16-15-;. The van der Waals surface area contributed by atoms with Crippen molar-refractivity contribution in [3.63, 3.8) is 0 Å². The molecule has 0 aliphatic carbocycles. The second kappa shape index (κ2) is 8.00. The van der Waals surface area contributed by atoms with Gasteiger partial charge in [0.2, 0.25) is 0 Å². The topological polar surface area (TPSA) is 50.1 Å². The lowest BCUT2D eigenvalue weighted by atomic mass is 9.97. The van der Waals surface area contributed by atoms with Gasteiger partial charge < -0.3 is 16.4 Å². The van der Waals surface area contributed by atoms with Crippen LogP contribution < -0.4 is 16.4 Å². The summed E-state index contributed by atoms with van der Waals surface area (Å²) < 4.78 is 0. The Morgan fingerprint density at radius 2 is 1.86 bits per heavy atom. The van der Waals surface area contributed by atoms with Crippen LogP contribution in [0.3, 0.4) is 0 Å². The largest absolute Gasteiger partial charge is 0.396 e. The molecule has 0 fully saturated rings. The Morgan fingerprint density at radius 1 is 1.19 bits per heavy atom.